The van der Waals surface area contributed by atoms with Gasteiger partial charge in [-0.3, -0.25) is 14.5 Å². The minimum absolute atomic E-state index is 0.0752. The first kappa shape index (κ1) is 17.2. The third kappa shape index (κ3) is 4.28. The van der Waals surface area contributed by atoms with Crippen LogP contribution in [0.5, 0.6) is 0 Å². The summed E-state index contributed by atoms with van der Waals surface area (Å²) in [5, 5.41) is 3.58. The van der Waals surface area contributed by atoms with E-state index in [1.807, 2.05) is 4.90 Å². The summed E-state index contributed by atoms with van der Waals surface area (Å²) < 4.78 is 0. The average Bonchev–Trinajstić information content (AvgIpc) is 2.95. The molecule has 2 amide bonds. The number of hydrogen-bond acceptors (Lipinski definition) is 3. The van der Waals surface area contributed by atoms with Crippen molar-refractivity contribution in [2.45, 2.75) is 31.7 Å². The summed E-state index contributed by atoms with van der Waals surface area (Å²) in [6.07, 6.45) is 3.49. The first-order valence-corrected chi connectivity index (χ1v) is 9.07. The summed E-state index contributed by atoms with van der Waals surface area (Å²) in [6.45, 7) is 4.13. The molecule has 0 aliphatic carbocycles. The van der Waals surface area contributed by atoms with Gasteiger partial charge in [-0.25, -0.2) is 0 Å². The van der Waals surface area contributed by atoms with Gasteiger partial charge >= 0.3 is 0 Å². The molecule has 2 heterocycles. The molecule has 6 heteroatoms. The highest BCUT2D eigenvalue weighted by molar-refractivity contribution is 6.30. The summed E-state index contributed by atoms with van der Waals surface area (Å²) in [6, 6.07) is 7.53. The average molecular weight is 350 g/mol. The van der Waals surface area contributed by atoms with Crippen LogP contribution in [-0.4, -0.2) is 60.4 Å². The van der Waals surface area contributed by atoms with E-state index in [1.165, 1.54) is 0 Å². The van der Waals surface area contributed by atoms with E-state index in [0.717, 1.165) is 52.0 Å². The number of benzene rings is 1. The lowest BCUT2D eigenvalue weighted by atomic mass is 10.1. The molecular formula is C18H24ClN3O2. The minimum atomic E-state index is 0.0752. The molecule has 0 aromatic heterocycles. The quantitative estimate of drug-likeness (QED) is 0.890. The third-order valence-electron chi connectivity index (χ3n) is 4.93. The zero-order chi connectivity index (χ0) is 16.9. The molecule has 2 aliphatic rings. The largest absolute Gasteiger partial charge is 0.356 e. The van der Waals surface area contributed by atoms with Gasteiger partial charge in [0.1, 0.15) is 0 Å². The number of carbonyl (C=O) groups excluding carboxylic acids is 2. The molecule has 2 fully saturated rings. The van der Waals surface area contributed by atoms with Crippen LogP contribution in [0.25, 0.3) is 0 Å². The van der Waals surface area contributed by atoms with Crippen molar-refractivity contribution in [3.05, 3.63) is 34.9 Å². The fraction of sp³-hybridized carbons (Fsp3) is 0.556. The van der Waals surface area contributed by atoms with Crippen LogP contribution in [0.15, 0.2) is 24.3 Å². The fourth-order valence-corrected chi connectivity index (χ4v) is 3.68. The zero-order valence-electron chi connectivity index (χ0n) is 13.8. The Morgan fingerprint density at radius 1 is 1.08 bits per heavy atom. The van der Waals surface area contributed by atoms with Crippen LogP contribution in [0.2, 0.25) is 5.02 Å². The SMILES string of the molecule is O=C1CCC(N2CCCN(C(=O)c3ccc(Cl)cc3)CC2)CCN1. The van der Waals surface area contributed by atoms with Gasteiger partial charge in [0.15, 0.2) is 0 Å². The topological polar surface area (TPSA) is 52.7 Å². The number of carbonyl (C=O) groups is 2. The molecule has 0 saturated carbocycles. The maximum absolute atomic E-state index is 12.7. The monoisotopic (exact) mass is 349 g/mol. The van der Waals surface area contributed by atoms with Crippen LogP contribution >= 0.6 is 11.6 Å². The smallest absolute Gasteiger partial charge is 0.253 e. The Morgan fingerprint density at radius 2 is 1.88 bits per heavy atom. The molecule has 0 spiro atoms. The Labute approximate surface area is 147 Å². The minimum Gasteiger partial charge on any atom is -0.356 e. The normalized spacial score (nSPS) is 23.3. The van der Waals surface area contributed by atoms with Crippen molar-refractivity contribution in [1.29, 1.82) is 0 Å². The van der Waals surface area contributed by atoms with Crippen molar-refractivity contribution in [2.75, 3.05) is 32.7 Å². The molecule has 0 bridgehead atoms. The number of amides is 2. The highest BCUT2D eigenvalue weighted by Gasteiger charge is 2.26. The molecule has 1 atom stereocenters. The number of halogens is 1. The lowest BCUT2D eigenvalue weighted by Gasteiger charge is -2.29. The van der Waals surface area contributed by atoms with Crippen molar-refractivity contribution >= 4 is 23.4 Å². The molecule has 1 N–H and O–H groups in total. The summed E-state index contributed by atoms with van der Waals surface area (Å²) in [5.41, 5.74) is 0.692. The Morgan fingerprint density at radius 3 is 2.67 bits per heavy atom. The molecule has 1 unspecified atom stereocenters. The second kappa shape index (κ2) is 7.99. The van der Waals surface area contributed by atoms with Gasteiger partial charge in [0.2, 0.25) is 5.91 Å². The van der Waals surface area contributed by atoms with Crippen LogP contribution in [0.1, 0.15) is 36.0 Å². The third-order valence-corrected chi connectivity index (χ3v) is 5.18. The van der Waals surface area contributed by atoms with Gasteiger partial charge in [-0.1, -0.05) is 11.6 Å². The van der Waals surface area contributed by atoms with E-state index in [1.54, 1.807) is 24.3 Å². The van der Waals surface area contributed by atoms with E-state index in [2.05, 4.69) is 10.2 Å². The lowest BCUT2D eigenvalue weighted by Crippen LogP contribution is -2.40. The van der Waals surface area contributed by atoms with Crippen LogP contribution in [0, 0.1) is 0 Å². The molecule has 24 heavy (non-hydrogen) atoms. The predicted molar refractivity (Wildman–Crippen MR) is 94.2 cm³/mol. The Hall–Kier alpha value is -1.59. The first-order chi connectivity index (χ1) is 11.6. The second-order valence-corrected chi connectivity index (χ2v) is 6.96. The number of nitrogens with zero attached hydrogens (tertiary/aromatic N) is 2. The van der Waals surface area contributed by atoms with E-state index < -0.39 is 0 Å². The summed E-state index contributed by atoms with van der Waals surface area (Å²) in [4.78, 5) is 28.6. The second-order valence-electron chi connectivity index (χ2n) is 6.52. The maximum Gasteiger partial charge on any atom is 0.253 e. The van der Waals surface area contributed by atoms with Gasteiger partial charge in [-0.2, -0.15) is 0 Å². The molecule has 2 aliphatic heterocycles. The Bertz CT molecular complexity index is 590. The van der Waals surface area contributed by atoms with Crippen LogP contribution in [0.4, 0.5) is 0 Å². The van der Waals surface area contributed by atoms with Crippen LogP contribution < -0.4 is 5.32 Å². The maximum atomic E-state index is 12.7. The highest BCUT2D eigenvalue weighted by Crippen LogP contribution is 2.18. The van der Waals surface area contributed by atoms with E-state index in [4.69, 9.17) is 11.6 Å². The zero-order valence-corrected chi connectivity index (χ0v) is 14.6. The molecule has 130 valence electrons. The van der Waals surface area contributed by atoms with E-state index in [-0.39, 0.29) is 11.8 Å². The summed E-state index contributed by atoms with van der Waals surface area (Å²) in [7, 11) is 0. The van der Waals surface area contributed by atoms with Gasteiger partial charge in [0, 0.05) is 55.8 Å². The van der Waals surface area contributed by atoms with Crippen molar-refractivity contribution in [2.24, 2.45) is 0 Å². The number of hydrogen-bond donors (Lipinski definition) is 1. The van der Waals surface area contributed by atoms with Crippen molar-refractivity contribution in [3.8, 4) is 0 Å². The van der Waals surface area contributed by atoms with Gasteiger partial charge < -0.3 is 10.2 Å². The molecule has 0 radical (unpaired) electrons. The molecule has 3 rings (SSSR count). The van der Waals surface area contributed by atoms with Gasteiger partial charge in [0.05, 0.1) is 0 Å². The standard InChI is InChI=1S/C18H24ClN3O2/c19-15-4-2-14(3-5-15)18(24)22-11-1-10-21(12-13-22)16-6-7-17(23)20-9-8-16/h2-5,16H,1,6-13H2,(H,20,23). The van der Waals surface area contributed by atoms with Gasteiger partial charge in [-0.15, -0.1) is 0 Å². The molecule has 1 aromatic rings. The Kier molecular flexibility index (Phi) is 5.74. The van der Waals surface area contributed by atoms with E-state index in [9.17, 15) is 9.59 Å². The molecule has 2 saturated heterocycles. The molecular weight excluding hydrogens is 326 g/mol. The number of rotatable bonds is 2. The Balaban J connectivity index is 1.59. The van der Waals surface area contributed by atoms with E-state index >= 15 is 0 Å². The first-order valence-electron chi connectivity index (χ1n) is 8.69. The van der Waals surface area contributed by atoms with Gasteiger partial charge in [-0.05, 0) is 43.5 Å². The van der Waals surface area contributed by atoms with Crippen molar-refractivity contribution in [3.63, 3.8) is 0 Å². The lowest BCUT2D eigenvalue weighted by molar-refractivity contribution is -0.120. The van der Waals surface area contributed by atoms with Crippen LogP contribution in [0.3, 0.4) is 0 Å². The van der Waals surface area contributed by atoms with E-state index in [0.29, 0.717) is 23.0 Å². The van der Waals surface area contributed by atoms with Crippen molar-refractivity contribution < 1.29 is 9.59 Å². The van der Waals surface area contributed by atoms with Crippen molar-refractivity contribution in [1.82, 2.24) is 15.1 Å². The van der Waals surface area contributed by atoms with Crippen LogP contribution in [-0.2, 0) is 4.79 Å². The van der Waals surface area contributed by atoms with Gasteiger partial charge in [0.25, 0.3) is 5.91 Å². The summed E-state index contributed by atoms with van der Waals surface area (Å²) >= 11 is 5.90. The molecule has 5 nitrogen and oxygen atoms in total. The summed E-state index contributed by atoms with van der Waals surface area (Å²) in [5.74, 6) is 0.234. The molecule has 1 aromatic carbocycles. The number of nitrogens with one attached hydrogen (secondary N) is 1. The highest BCUT2D eigenvalue weighted by atomic mass is 35.5. The fourth-order valence-electron chi connectivity index (χ4n) is 3.55. The predicted octanol–water partition coefficient (Wildman–Crippen LogP) is 2.16.